The predicted octanol–water partition coefficient (Wildman–Crippen LogP) is 4.99. The van der Waals surface area contributed by atoms with E-state index >= 15 is 0 Å². The van der Waals surface area contributed by atoms with Crippen LogP contribution in [0.5, 0.6) is 0 Å². The molecule has 25 heavy (non-hydrogen) atoms. The van der Waals surface area contributed by atoms with Crippen molar-refractivity contribution in [2.45, 2.75) is 27.2 Å². The summed E-state index contributed by atoms with van der Waals surface area (Å²) < 4.78 is 0. The lowest BCUT2D eigenvalue weighted by Gasteiger charge is -2.23. The lowest BCUT2D eigenvalue weighted by Crippen LogP contribution is -2.32. The van der Waals surface area contributed by atoms with Crippen molar-refractivity contribution in [1.82, 2.24) is 0 Å². The van der Waals surface area contributed by atoms with E-state index in [-0.39, 0.29) is 18.2 Å². The van der Waals surface area contributed by atoms with Gasteiger partial charge in [0.05, 0.1) is 10.0 Å². The SMILES string of the molecule is CC(=O)N(CCC(=O)Nc1ccc(Cl)c(Cl)c1)c1cc(C)ccc1C. The molecule has 6 heteroatoms. The second-order valence-electron chi connectivity index (χ2n) is 5.89. The Balaban J connectivity index is 2.05. The van der Waals surface area contributed by atoms with Crippen molar-refractivity contribution in [3.63, 3.8) is 0 Å². The maximum Gasteiger partial charge on any atom is 0.226 e. The van der Waals surface area contributed by atoms with Gasteiger partial charge in [0.2, 0.25) is 11.8 Å². The van der Waals surface area contributed by atoms with Crippen LogP contribution in [0, 0.1) is 13.8 Å². The first-order chi connectivity index (χ1) is 11.8. The van der Waals surface area contributed by atoms with Crippen molar-refractivity contribution in [2.24, 2.45) is 0 Å². The molecule has 1 N–H and O–H groups in total. The molecule has 0 atom stereocenters. The second kappa shape index (κ2) is 8.37. The van der Waals surface area contributed by atoms with E-state index in [0.29, 0.717) is 22.3 Å². The third kappa shape index (κ3) is 5.21. The molecule has 0 heterocycles. The van der Waals surface area contributed by atoms with Crippen molar-refractivity contribution < 1.29 is 9.59 Å². The van der Waals surface area contributed by atoms with Crippen LogP contribution in [-0.2, 0) is 9.59 Å². The molecule has 0 aliphatic heterocycles. The lowest BCUT2D eigenvalue weighted by molar-refractivity contribution is -0.117. The first-order valence-corrected chi connectivity index (χ1v) is 8.64. The number of benzene rings is 2. The molecule has 2 amide bonds. The van der Waals surface area contributed by atoms with E-state index in [9.17, 15) is 9.59 Å². The van der Waals surface area contributed by atoms with E-state index in [1.54, 1.807) is 23.1 Å². The molecule has 4 nitrogen and oxygen atoms in total. The fourth-order valence-corrected chi connectivity index (χ4v) is 2.77. The van der Waals surface area contributed by atoms with Crippen LogP contribution in [0.4, 0.5) is 11.4 Å². The summed E-state index contributed by atoms with van der Waals surface area (Å²) in [7, 11) is 0. The molecule has 0 radical (unpaired) electrons. The number of anilines is 2. The summed E-state index contributed by atoms with van der Waals surface area (Å²) in [6.07, 6.45) is 0.174. The molecule has 0 aliphatic rings. The summed E-state index contributed by atoms with van der Waals surface area (Å²) in [6, 6.07) is 10.8. The van der Waals surface area contributed by atoms with Gasteiger partial charge in [-0.2, -0.15) is 0 Å². The van der Waals surface area contributed by atoms with E-state index in [1.807, 2.05) is 32.0 Å². The molecule has 0 aromatic heterocycles. The van der Waals surface area contributed by atoms with Crippen LogP contribution in [0.15, 0.2) is 36.4 Å². The highest BCUT2D eigenvalue weighted by Crippen LogP contribution is 2.25. The zero-order chi connectivity index (χ0) is 18.6. The van der Waals surface area contributed by atoms with E-state index < -0.39 is 0 Å². The molecule has 2 aromatic rings. The molecule has 0 spiro atoms. The van der Waals surface area contributed by atoms with Gasteiger partial charge in [-0.1, -0.05) is 35.3 Å². The zero-order valence-electron chi connectivity index (χ0n) is 14.4. The second-order valence-corrected chi connectivity index (χ2v) is 6.70. The topological polar surface area (TPSA) is 49.4 Å². The van der Waals surface area contributed by atoms with E-state index in [0.717, 1.165) is 16.8 Å². The van der Waals surface area contributed by atoms with Crippen LogP contribution in [0.3, 0.4) is 0 Å². The van der Waals surface area contributed by atoms with E-state index in [4.69, 9.17) is 23.2 Å². The van der Waals surface area contributed by atoms with Gasteiger partial charge < -0.3 is 10.2 Å². The van der Waals surface area contributed by atoms with Gasteiger partial charge in [-0.25, -0.2) is 0 Å². The number of aryl methyl sites for hydroxylation is 2. The van der Waals surface area contributed by atoms with Gasteiger partial charge in [-0.05, 0) is 49.2 Å². The molecule has 132 valence electrons. The molecule has 2 aromatic carbocycles. The van der Waals surface area contributed by atoms with Crippen molar-refractivity contribution in [3.05, 3.63) is 57.6 Å². The minimum Gasteiger partial charge on any atom is -0.326 e. The summed E-state index contributed by atoms with van der Waals surface area (Å²) in [5, 5.41) is 3.57. The minimum atomic E-state index is -0.199. The Morgan fingerprint density at radius 2 is 1.76 bits per heavy atom. The van der Waals surface area contributed by atoms with Gasteiger partial charge in [-0.15, -0.1) is 0 Å². The maximum absolute atomic E-state index is 12.2. The molecule has 2 rings (SSSR count). The number of nitrogens with one attached hydrogen (secondary N) is 1. The average molecular weight is 379 g/mol. The van der Waals surface area contributed by atoms with Crippen LogP contribution >= 0.6 is 23.2 Å². The van der Waals surface area contributed by atoms with Gasteiger partial charge in [0.25, 0.3) is 0 Å². The van der Waals surface area contributed by atoms with Gasteiger partial charge in [0.15, 0.2) is 0 Å². The molecule has 0 bridgehead atoms. The van der Waals surface area contributed by atoms with E-state index in [2.05, 4.69) is 5.32 Å². The highest BCUT2D eigenvalue weighted by Gasteiger charge is 2.16. The number of rotatable bonds is 5. The molecular weight excluding hydrogens is 359 g/mol. The summed E-state index contributed by atoms with van der Waals surface area (Å²) in [4.78, 5) is 25.8. The summed E-state index contributed by atoms with van der Waals surface area (Å²) in [5.41, 5.74) is 3.45. The minimum absolute atomic E-state index is 0.101. The normalized spacial score (nSPS) is 10.4. The number of carbonyl (C=O) groups excluding carboxylic acids is 2. The number of hydrogen-bond donors (Lipinski definition) is 1. The fraction of sp³-hybridized carbons (Fsp3) is 0.263. The predicted molar refractivity (Wildman–Crippen MR) is 104 cm³/mol. The standard InChI is InChI=1S/C19H20Cl2N2O2/c1-12-4-5-13(2)18(10-12)23(14(3)24)9-8-19(25)22-15-6-7-16(20)17(21)11-15/h4-7,10-11H,8-9H2,1-3H3,(H,22,25). The van der Waals surface area contributed by atoms with Crippen molar-refractivity contribution >= 4 is 46.4 Å². The quantitative estimate of drug-likeness (QED) is 0.796. The molecule has 0 unspecified atom stereocenters. The molecule has 0 aliphatic carbocycles. The van der Waals surface area contributed by atoms with Crippen molar-refractivity contribution in [1.29, 1.82) is 0 Å². The number of carbonyl (C=O) groups is 2. The first kappa shape index (κ1) is 19.3. The van der Waals surface area contributed by atoms with Gasteiger partial charge in [-0.3, -0.25) is 9.59 Å². The molecule has 0 fully saturated rings. The van der Waals surface area contributed by atoms with Crippen LogP contribution < -0.4 is 10.2 Å². The highest BCUT2D eigenvalue weighted by atomic mass is 35.5. The Labute approximate surface area is 157 Å². The third-order valence-electron chi connectivity index (χ3n) is 3.80. The number of nitrogens with zero attached hydrogens (tertiary/aromatic N) is 1. The number of halogens is 2. The van der Waals surface area contributed by atoms with Crippen molar-refractivity contribution in [2.75, 3.05) is 16.8 Å². The molecular formula is C19H20Cl2N2O2. The Morgan fingerprint density at radius 1 is 1.04 bits per heavy atom. The van der Waals surface area contributed by atoms with Crippen LogP contribution in [0.1, 0.15) is 24.5 Å². The van der Waals surface area contributed by atoms with Crippen LogP contribution in [-0.4, -0.2) is 18.4 Å². The Hall–Kier alpha value is -2.04. The summed E-state index contributed by atoms with van der Waals surface area (Å²) in [5.74, 6) is -0.300. The highest BCUT2D eigenvalue weighted by molar-refractivity contribution is 6.42. The lowest BCUT2D eigenvalue weighted by atomic mass is 10.1. The smallest absolute Gasteiger partial charge is 0.226 e. The van der Waals surface area contributed by atoms with Gasteiger partial charge >= 0.3 is 0 Å². The Kier molecular flexibility index (Phi) is 6.45. The van der Waals surface area contributed by atoms with Crippen molar-refractivity contribution in [3.8, 4) is 0 Å². The summed E-state index contributed by atoms with van der Waals surface area (Å²) in [6.45, 7) is 5.71. The monoisotopic (exact) mass is 378 g/mol. The molecule has 0 saturated carbocycles. The van der Waals surface area contributed by atoms with E-state index in [1.165, 1.54) is 6.92 Å². The third-order valence-corrected chi connectivity index (χ3v) is 4.54. The fourth-order valence-electron chi connectivity index (χ4n) is 2.47. The largest absolute Gasteiger partial charge is 0.326 e. The Bertz CT molecular complexity index is 806. The molecule has 0 saturated heterocycles. The Morgan fingerprint density at radius 3 is 2.40 bits per heavy atom. The van der Waals surface area contributed by atoms with Crippen LogP contribution in [0.25, 0.3) is 0 Å². The van der Waals surface area contributed by atoms with Gasteiger partial charge in [0.1, 0.15) is 0 Å². The van der Waals surface area contributed by atoms with Gasteiger partial charge in [0, 0.05) is 31.3 Å². The number of amides is 2. The summed E-state index contributed by atoms with van der Waals surface area (Å²) >= 11 is 11.8. The van der Waals surface area contributed by atoms with Crippen LogP contribution in [0.2, 0.25) is 10.0 Å². The maximum atomic E-state index is 12.2. The zero-order valence-corrected chi connectivity index (χ0v) is 15.9. The average Bonchev–Trinajstić information content (AvgIpc) is 2.54. The number of hydrogen-bond acceptors (Lipinski definition) is 2. The first-order valence-electron chi connectivity index (χ1n) is 7.88.